The van der Waals surface area contributed by atoms with Crippen LogP contribution in [-0.2, 0) is 6.54 Å². The molecule has 0 aliphatic heterocycles. The number of benzene rings is 2. The Labute approximate surface area is 118 Å². The van der Waals surface area contributed by atoms with Gasteiger partial charge in [0, 0.05) is 17.5 Å². The third kappa shape index (κ3) is 2.74. The lowest BCUT2D eigenvalue weighted by Gasteiger charge is -2.06. The molecule has 0 radical (unpaired) electrons. The monoisotopic (exact) mass is 287 g/mol. The van der Waals surface area contributed by atoms with Gasteiger partial charge in [-0.1, -0.05) is 6.07 Å². The predicted octanol–water partition coefficient (Wildman–Crippen LogP) is 2.77. The van der Waals surface area contributed by atoms with Gasteiger partial charge in [-0.15, -0.1) is 0 Å². The highest BCUT2D eigenvalue weighted by atomic mass is 19.2. The number of fused-ring (bicyclic) bond motifs is 1. The number of aromatic nitrogens is 2. The van der Waals surface area contributed by atoms with E-state index in [0.717, 1.165) is 23.0 Å². The van der Waals surface area contributed by atoms with Crippen molar-refractivity contribution in [3.8, 4) is 0 Å². The number of halogens is 2. The number of nitrogens with one attached hydrogen (secondary N) is 2. The topological polar surface area (TPSA) is 57.8 Å². The summed E-state index contributed by atoms with van der Waals surface area (Å²) in [4.78, 5) is 12.0. The predicted molar refractivity (Wildman–Crippen MR) is 73.6 cm³/mol. The molecule has 2 N–H and O–H groups in total. The highest BCUT2D eigenvalue weighted by Gasteiger charge is 2.08. The highest BCUT2D eigenvalue weighted by molar-refractivity contribution is 5.97. The van der Waals surface area contributed by atoms with Crippen molar-refractivity contribution in [1.29, 1.82) is 0 Å². The molecule has 0 saturated carbocycles. The van der Waals surface area contributed by atoms with Crippen LogP contribution in [0.5, 0.6) is 0 Å². The molecular weight excluding hydrogens is 276 g/mol. The van der Waals surface area contributed by atoms with Crippen LogP contribution in [0.1, 0.15) is 15.9 Å². The lowest BCUT2D eigenvalue weighted by atomic mass is 10.1. The smallest absolute Gasteiger partial charge is 0.251 e. The number of rotatable bonds is 3. The summed E-state index contributed by atoms with van der Waals surface area (Å²) in [6, 6.07) is 8.66. The van der Waals surface area contributed by atoms with E-state index in [4.69, 9.17) is 0 Å². The highest BCUT2D eigenvalue weighted by Crippen LogP contribution is 2.13. The minimum atomic E-state index is -0.929. The number of H-pyrrole nitrogens is 1. The lowest BCUT2D eigenvalue weighted by molar-refractivity contribution is 0.0951. The molecule has 0 atom stereocenters. The average Bonchev–Trinajstić information content (AvgIpc) is 2.95. The third-order valence-electron chi connectivity index (χ3n) is 3.14. The Bertz CT molecular complexity index is 814. The molecule has 6 heteroatoms. The summed E-state index contributed by atoms with van der Waals surface area (Å²) in [5.41, 5.74) is 1.81. The van der Waals surface area contributed by atoms with Crippen LogP contribution in [-0.4, -0.2) is 16.1 Å². The van der Waals surface area contributed by atoms with Crippen molar-refractivity contribution in [2.75, 3.05) is 0 Å². The number of hydrogen-bond acceptors (Lipinski definition) is 2. The van der Waals surface area contributed by atoms with Crippen LogP contribution in [0.2, 0.25) is 0 Å². The first kappa shape index (κ1) is 13.2. The molecule has 0 fully saturated rings. The van der Waals surface area contributed by atoms with Crippen LogP contribution in [0.15, 0.2) is 42.6 Å². The fourth-order valence-corrected chi connectivity index (χ4v) is 2.02. The molecule has 0 unspecified atom stereocenters. The van der Waals surface area contributed by atoms with Gasteiger partial charge < -0.3 is 5.32 Å². The minimum absolute atomic E-state index is 0.124. The van der Waals surface area contributed by atoms with Gasteiger partial charge in [0.05, 0.1) is 11.7 Å². The Balaban J connectivity index is 1.72. The summed E-state index contributed by atoms with van der Waals surface area (Å²) < 4.78 is 25.9. The summed E-state index contributed by atoms with van der Waals surface area (Å²) in [6.45, 7) is 0.124. The summed E-state index contributed by atoms with van der Waals surface area (Å²) >= 11 is 0. The van der Waals surface area contributed by atoms with Crippen molar-refractivity contribution < 1.29 is 13.6 Å². The van der Waals surface area contributed by atoms with Crippen LogP contribution >= 0.6 is 0 Å². The molecule has 3 rings (SSSR count). The fourth-order valence-electron chi connectivity index (χ4n) is 2.02. The third-order valence-corrected chi connectivity index (χ3v) is 3.14. The summed E-state index contributed by atoms with van der Waals surface area (Å²) in [5.74, 6) is -2.13. The molecule has 0 bridgehead atoms. The molecular formula is C15H11F2N3O. The molecule has 1 aromatic heterocycles. The molecule has 106 valence electrons. The van der Waals surface area contributed by atoms with Gasteiger partial charge in [0.1, 0.15) is 0 Å². The molecule has 1 amide bonds. The van der Waals surface area contributed by atoms with Gasteiger partial charge in [-0.25, -0.2) is 8.78 Å². The first-order valence-electron chi connectivity index (χ1n) is 6.29. The lowest BCUT2D eigenvalue weighted by Crippen LogP contribution is -2.22. The maximum absolute atomic E-state index is 13.1. The second kappa shape index (κ2) is 5.32. The number of hydrogen-bond donors (Lipinski definition) is 2. The van der Waals surface area contributed by atoms with Gasteiger partial charge in [0.25, 0.3) is 5.91 Å². The second-order valence-corrected chi connectivity index (χ2v) is 4.60. The first-order valence-corrected chi connectivity index (χ1v) is 6.29. The van der Waals surface area contributed by atoms with Gasteiger partial charge in [-0.2, -0.15) is 5.10 Å². The zero-order valence-electron chi connectivity index (χ0n) is 10.9. The van der Waals surface area contributed by atoms with Gasteiger partial charge >= 0.3 is 0 Å². The Kier molecular flexibility index (Phi) is 3.35. The van der Waals surface area contributed by atoms with Crippen molar-refractivity contribution in [2.45, 2.75) is 6.54 Å². The van der Waals surface area contributed by atoms with Gasteiger partial charge in [-0.3, -0.25) is 9.89 Å². The van der Waals surface area contributed by atoms with Gasteiger partial charge in [-0.05, 0) is 35.9 Å². The van der Waals surface area contributed by atoms with Crippen LogP contribution in [0, 0.1) is 11.6 Å². The first-order chi connectivity index (χ1) is 10.1. The van der Waals surface area contributed by atoms with Crippen LogP contribution in [0.4, 0.5) is 8.78 Å². The van der Waals surface area contributed by atoms with E-state index in [1.165, 1.54) is 6.07 Å². The molecule has 0 aliphatic rings. The van der Waals surface area contributed by atoms with E-state index >= 15 is 0 Å². The van der Waals surface area contributed by atoms with E-state index < -0.39 is 11.6 Å². The fraction of sp³-hybridized carbons (Fsp3) is 0.0667. The average molecular weight is 287 g/mol. The Morgan fingerprint density at radius 1 is 1.14 bits per heavy atom. The summed E-state index contributed by atoms with van der Waals surface area (Å²) in [7, 11) is 0. The SMILES string of the molecule is O=C(NCc1ccc(F)c(F)c1)c1ccc2[nH]ncc2c1. The number of amides is 1. The van der Waals surface area contributed by atoms with E-state index in [1.54, 1.807) is 24.4 Å². The maximum atomic E-state index is 13.1. The van der Waals surface area contributed by atoms with E-state index in [-0.39, 0.29) is 12.5 Å². The quantitative estimate of drug-likeness (QED) is 0.778. The summed E-state index contributed by atoms with van der Waals surface area (Å²) in [6.07, 6.45) is 1.63. The van der Waals surface area contributed by atoms with E-state index in [1.807, 2.05) is 0 Å². The van der Waals surface area contributed by atoms with Crippen LogP contribution in [0.3, 0.4) is 0 Å². The molecule has 0 spiro atoms. The Morgan fingerprint density at radius 3 is 2.81 bits per heavy atom. The Hall–Kier alpha value is -2.76. The van der Waals surface area contributed by atoms with Crippen molar-refractivity contribution in [3.05, 3.63) is 65.4 Å². The molecule has 2 aromatic carbocycles. The molecule has 3 aromatic rings. The molecule has 21 heavy (non-hydrogen) atoms. The van der Waals surface area contributed by atoms with Gasteiger partial charge in [0.2, 0.25) is 0 Å². The number of aromatic amines is 1. The maximum Gasteiger partial charge on any atom is 0.251 e. The zero-order valence-corrected chi connectivity index (χ0v) is 10.9. The Morgan fingerprint density at radius 2 is 2.00 bits per heavy atom. The molecule has 4 nitrogen and oxygen atoms in total. The van der Waals surface area contributed by atoms with E-state index in [0.29, 0.717) is 11.1 Å². The van der Waals surface area contributed by atoms with E-state index in [9.17, 15) is 13.6 Å². The van der Waals surface area contributed by atoms with Crippen molar-refractivity contribution in [2.24, 2.45) is 0 Å². The van der Waals surface area contributed by atoms with E-state index in [2.05, 4.69) is 15.5 Å². The van der Waals surface area contributed by atoms with Crippen molar-refractivity contribution in [1.82, 2.24) is 15.5 Å². The standard InChI is InChI=1S/C15H11F2N3O/c16-12-3-1-9(5-13(12)17)7-18-15(21)10-2-4-14-11(6-10)8-19-20-14/h1-6,8H,7H2,(H,18,21)(H,19,20). The zero-order chi connectivity index (χ0) is 14.8. The second-order valence-electron chi connectivity index (χ2n) is 4.60. The minimum Gasteiger partial charge on any atom is -0.348 e. The number of carbonyl (C=O) groups excluding carboxylic acids is 1. The number of carbonyl (C=O) groups is 1. The molecule has 0 aliphatic carbocycles. The van der Waals surface area contributed by atoms with Crippen LogP contribution in [0.25, 0.3) is 10.9 Å². The van der Waals surface area contributed by atoms with Gasteiger partial charge in [0.15, 0.2) is 11.6 Å². The number of nitrogens with zero attached hydrogens (tertiary/aromatic N) is 1. The summed E-state index contributed by atoms with van der Waals surface area (Å²) in [5, 5.41) is 10.2. The normalized spacial score (nSPS) is 10.8. The van der Waals surface area contributed by atoms with Crippen molar-refractivity contribution in [3.63, 3.8) is 0 Å². The molecule has 0 saturated heterocycles. The largest absolute Gasteiger partial charge is 0.348 e. The van der Waals surface area contributed by atoms with Crippen LogP contribution < -0.4 is 5.32 Å². The molecule has 1 heterocycles. The van der Waals surface area contributed by atoms with Crippen molar-refractivity contribution >= 4 is 16.8 Å².